The largest absolute Gasteiger partial charge is 0.492 e. The number of amides is 2. The van der Waals surface area contributed by atoms with Crippen LogP contribution in [-0.2, 0) is 16.6 Å². The molecule has 162 valence electrons. The Labute approximate surface area is 181 Å². The maximum Gasteiger partial charge on any atom is 0.268 e. The van der Waals surface area contributed by atoms with Crippen molar-refractivity contribution < 1.29 is 19.9 Å². The minimum absolute atomic E-state index is 0.102. The van der Waals surface area contributed by atoms with Crippen molar-refractivity contribution in [2.75, 3.05) is 5.01 Å². The van der Waals surface area contributed by atoms with E-state index >= 15 is 0 Å². The van der Waals surface area contributed by atoms with E-state index in [1.54, 1.807) is 18.6 Å². The topological polar surface area (TPSA) is 99.7 Å². The Hall–Kier alpha value is -2.91. The number of aromatic nitrogens is 2. The standard InChI is InChI=1S/C21H28N4O4S/c1-15(2)12-13-18(26)24(25-19(27)14-23(3)21(25)30)17(20(28)22-29)11-7-10-16-8-5-4-6-9-16/h4-10,14-15,17,27,29H,11-13H2,1-3H3,(H,22,28)/t17-/m0/s1. The second kappa shape index (κ2) is 10.7. The van der Waals surface area contributed by atoms with Crippen molar-refractivity contribution in [2.24, 2.45) is 13.0 Å². The van der Waals surface area contributed by atoms with Crippen LogP contribution in [0.1, 0.15) is 38.7 Å². The molecule has 0 unspecified atom stereocenters. The number of nitrogens with zero attached hydrogens (tertiary/aromatic N) is 3. The van der Waals surface area contributed by atoms with E-state index in [1.807, 2.05) is 50.3 Å². The molecule has 1 heterocycles. The molecule has 9 heteroatoms. The summed E-state index contributed by atoms with van der Waals surface area (Å²) in [6.07, 6.45) is 5.78. The zero-order valence-corrected chi connectivity index (χ0v) is 18.2. The SMILES string of the molecule is CC(C)CCC(=O)N([C@@H](CC=Cc1ccccc1)C(=O)NO)n1c(O)cn(C)c1=S. The van der Waals surface area contributed by atoms with Crippen molar-refractivity contribution in [2.45, 2.75) is 39.2 Å². The first-order valence-corrected chi connectivity index (χ1v) is 10.1. The highest BCUT2D eigenvalue weighted by Gasteiger charge is 2.32. The van der Waals surface area contributed by atoms with Gasteiger partial charge in [0.15, 0.2) is 0 Å². The lowest BCUT2D eigenvalue weighted by Gasteiger charge is -2.30. The summed E-state index contributed by atoms with van der Waals surface area (Å²) in [5.74, 6) is -1.17. The van der Waals surface area contributed by atoms with Gasteiger partial charge < -0.3 is 9.67 Å². The Kier molecular flexibility index (Phi) is 8.37. The molecule has 2 rings (SSSR count). The van der Waals surface area contributed by atoms with Gasteiger partial charge in [-0.05, 0) is 36.5 Å². The van der Waals surface area contributed by atoms with E-state index in [2.05, 4.69) is 0 Å². The fraction of sp³-hybridized carbons (Fsp3) is 0.381. The van der Waals surface area contributed by atoms with Gasteiger partial charge in [-0.3, -0.25) is 14.8 Å². The number of hydrogen-bond acceptors (Lipinski definition) is 5. The number of carbonyl (C=O) groups excluding carboxylic acids is 2. The highest BCUT2D eigenvalue weighted by atomic mass is 32.1. The van der Waals surface area contributed by atoms with E-state index in [0.717, 1.165) is 15.2 Å². The number of aromatic hydroxyl groups is 1. The lowest BCUT2D eigenvalue weighted by Crippen LogP contribution is -2.54. The number of aryl methyl sites for hydroxylation is 1. The van der Waals surface area contributed by atoms with Gasteiger partial charge in [-0.1, -0.05) is 56.3 Å². The van der Waals surface area contributed by atoms with Crippen molar-refractivity contribution >= 4 is 30.1 Å². The summed E-state index contributed by atoms with van der Waals surface area (Å²) < 4.78 is 2.75. The first-order valence-electron chi connectivity index (χ1n) is 9.71. The molecule has 1 aromatic carbocycles. The second-order valence-electron chi connectivity index (χ2n) is 7.40. The molecule has 0 aliphatic heterocycles. The van der Waals surface area contributed by atoms with E-state index in [9.17, 15) is 19.9 Å². The van der Waals surface area contributed by atoms with Crippen LogP contribution in [-0.4, -0.2) is 37.4 Å². The molecule has 1 atom stereocenters. The van der Waals surface area contributed by atoms with Crippen LogP contribution in [0.2, 0.25) is 0 Å². The molecule has 2 amide bonds. The van der Waals surface area contributed by atoms with Crippen LogP contribution in [0.15, 0.2) is 42.6 Å². The molecule has 1 aromatic heterocycles. The van der Waals surface area contributed by atoms with Crippen LogP contribution >= 0.6 is 12.2 Å². The summed E-state index contributed by atoms with van der Waals surface area (Å²) in [7, 11) is 1.63. The Balaban J connectivity index is 2.43. The van der Waals surface area contributed by atoms with Gasteiger partial charge in [0.05, 0.1) is 6.20 Å². The first-order chi connectivity index (χ1) is 14.3. The summed E-state index contributed by atoms with van der Waals surface area (Å²) >= 11 is 5.34. The Bertz CT molecular complexity index is 950. The van der Waals surface area contributed by atoms with Crippen molar-refractivity contribution in [3.05, 3.63) is 52.9 Å². The molecular formula is C21H28N4O4S. The minimum Gasteiger partial charge on any atom is -0.492 e. The molecular weight excluding hydrogens is 404 g/mol. The highest BCUT2D eigenvalue weighted by molar-refractivity contribution is 7.71. The number of benzene rings is 1. The molecule has 0 aliphatic carbocycles. The quantitative estimate of drug-likeness (QED) is 0.321. The average Bonchev–Trinajstić information content (AvgIpc) is 2.97. The van der Waals surface area contributed by atoms with Crippen molar-refractivity contribution in [1.29, 1.82) is 0 Å². The zero-order chi connectivity index (χ0) is 22.3. The zero-order valence-electron chi connectivity index (χ0n) is 17.4. The maximum atomic E-state index is 13.1. The van der Waals surface area contributed by atoms with Gasteiger partial charge in [0.1, 0.15) is 6.04 Å². The fourth-order valence-corrected chi connectivity index (χ4v) is 3.21. The van der Waals surface area contributed by atoms with Crippen LogP contribution in [0, 0.1) is 10.7 Å². The van der Waals surface area contributed by atoms with Gasteiger partial charge in [0.25, 0.3) is 5.91 Å². The van der Waals surface area contributed by atoms with E-state index in [-0.39, 0.29) is 35.3 Å². The molecule has 3 N–H and O–H groups in total. The Morgan fingerprint density at radius 2 is 1.93 bits per heavy atom. The number of carbonyl (C=O) groups is 2. The lowest BCUT2D eigenvalue weighted by molar-refractivity contribution is -0.134. The molecule has 8 nitrogen and oxygen atoms in total. The third kappa shape index (κ3) is 5.80. The molecule has 30 heavy (non-hydrogen) atoms. The van der Waals surface area contributed by atoms with Gasteiger partial charge >= 0.3 is 0 Å². The van der Waals surface area contributed by atoms with Crippen molar-refractivity contribution in [3.63, 3.8) is 0 Å². The van der Waals surface area contributed by atoms with E-state index in [0.29, 0.717) is 6.42 Å². The monoisotopic (exact) mass is 432 g/mol. The van der Waals surface area contributed by atoms with Crippen LogP contribution in [0.3, 0.4) is 0 Å². The summed E-state index contributed by atoms with van der Waals surface area (Å²) in [6, 6.07) is 8.37. The predicted molar refractivity (Wildman–Crippen MR) is 117 cm³/mol. The molecule has 2 aromatic rings. The summed E-state index contributed by atoms with van der Waals surface area (Å²) in [5.41, 5.74) is 2.56. The fourth-order valence-electron chi connectivity index (χ4n) is 2.97. The summed E-state index contributed by atoms with van der Waals surface area (Å²) in [4.78, 5) is 25.6. The van der Waals surface area contributed by atoms with Crippen molar-refractivity contribution in [1.82, 2.24) is 14.7 Å². The van der Waals surface area contributed by atoms with Gasteiger partial charge in [-0.15, -0.1) is 0 Å². The number of rotatable bonds is 9. The molecule has 0 saturated carbocycles. The van der Waals surface area contributed by atoms with Gasteiger partial charge in [0.2, 0.25) is 16.6 Å². The highest BCUT2D eigenvalue weighted by Crippen LogP contribution is 2.19. The molecule has 0 aliphatic rings. The molecule has 0 saturated heterocycles. The molecule has 0 bridgehead atoms. The Morgan fingerprint density at radius 1 is 1.27 bits per heavy atom. The van der Waals surface area contributed by atoms with Gasteiger partial charge in [-0.25, -0.2) is 10.5 Å². The maximum absolute atomic E-state index is 13.1. The third-order valence-electron chi connectivity index (χ3n) is 4.59. The minimum atomic E-state index is -1.12. The molecule has 0 fully saturated rings. The lowest BCUT2D eigenvalue weighted by atomic mass is 10.1. The van der Waals surface area contributed by atoms with Crippen LogP contribution < -0.4 is 10.5 Å². The number of hydroxylamine groups is 1. The van der Waals surface area contributed by atoms with E-state index in [1.165, 1.54) is 10.8 Å². The van der Waals surface area contributed by atoms with E-state index < -0.39 is 11.9 Å². The number of nitrogens with one attached hydrogen (secondary N) is 1. The van der Waals surface area contributed by atoms with E-state index in [4.69, 9.17) is 12.2 Å². The third-order valence-corrected chi connectivity index (χ3v) is 5.05. The predicted octanol–water partition coefficient (Wildman–Crippen LogP) is 3.14. The number of imidazole rings is 1. The van der Waals surface area contributed by atoms with Gasteiger partial charge in [0, 0.05) is 13.5 Å². The Morgan fingerprint density at radius 3 is 2.47 bits per heavy atom. The molecule has 0 radical (unpaired) electrons. The van der Waals surface area contributed by atoms with Crippen LogP contribution in [0.4, 0.5) is 0 Å². The second-order valence-corrected chi connectivity index (χ2v) is 7.77. The summed E-state index contributed by atoms with van der Waals surface area (Å²) in [5, 5.41) is 20.8. The van der Waals surface area contributed by atoms with Crippen molar-refractivity contribution in [3.8, 4) is 5.88 Å². The normalized spacial score (nSPS) is 12.3. The van der Waals surface area contributed by atoms with Crippen LogP contribution in [0.5, 0.6) is 5.88 Å². The van der Waals surface area contributed by atoms with Gasteiger partial charge in [-0.2, -0.15) is 4.68 Å². The average molecular weight is 433 g/mol. The smallest absolute Gasteiger partial charge is 0.268 e. The summed E-state index contributed by atoms with van der Waals surface area (Å²) in [6.45, 7) is 3.98. The molecule has 0 spiro atoms. The first kappa shape index (κ1) is 23.4. The van der Waals surface area contributed by atoms with Crippen LogP contribution in [0.25, 0.3) is 6.08 Å². The number of hydrogen-bond donors (Lipinski definition) is 3.